The summed E-state index contributed by atoms with van der Waals surface area (Å²) in [6.07, 6.45) is 2.22. The standard InChI is InChI=1S/C18H29N3O3/c1-5-7-8-17(22)19-14-9-10-16(15(13-14)18(23)24)21(6-2)12-11-20(3)4/h9-10,13H,5-8,11-12H2,1-4H3,(H,19,22)(H,23,24). The molecule has 0 aliphatic carbocycles. The molecule has 0 aromatic heterocycles. The molecule has 6 nitrogen and oxygen atoms in total. The summed E-state index contributed by atoms with van der Waals surface area (Å²) < 4.78 is 0. The number of anilines is 2. The number of carbonyl (C=O) groups excluding carboxylic acids is 1. The van der Waals surface area contributed by atoms with Crippen LogP contribution < -0.4 is 10.2 Å². The van der Waals surface area contributed by atoms with Gasteiger partial charge < -0.3 is 20.2 Å². The average molecular weight is 335 g/mol. The number of likely N-dealkylation sites (N-methyl/N-ethyl adjacent to an activating group) is 2. The number of hydrogen-bond donors (Lipinski definition) is 2. The van der Waals surface area contributed by atoms with Gasteiger partial charge in [-0.25, -0.2) is 4.79 Å². The van der Waals surface area contributed by atoms with Gasteiger partial charge in [-0.15, -0.1) is 0 Å². The second kappa shape index (κ2) is 9.93. The van der Waals surface area contributed by atoms with Crippen molar-refractivity contribution in [3.05, 3.63) is 23.8 Å². The van der Waals surface area contributed by atoms with Gasteiger partial charge in [-0.2, -0.15) is 0 Å². The van der Waals surface area contributed by atoms with Crippen molar-refractivity contribution in [2.45, 2.75) is 33.1 Å². The molecule has 6 heteroatoms. The first kappa shape index (κ1) is 20.0. The number of hydrogen-bond acceptors (Lipinski definition) is 4. The highest BCUT2D eigenvalue weighted by molar-refractivity contribution is 5.98. The molecule has 1 aromatic carbocycles. The molecule has 0 aliphatic heterocycles. The summed E-state index contributed by atoms with van der Waals surface area (Å²) in [4.78, 5) is 27.6. The number of amides is 1. The van der Waals surface area contributed by atoms with Crippen LogP contribution >= 0.6 is 0 Å². The molecule has 0 unspecified atom stereocenters. The van der Waals surface area contributed by atoms with Gasteiger partial charge in [0, 0.05) is 31.7 Å². The first-order chi connectivity index (χ1) is 11.4. The Hall–Kier alpha value is -2.08. The lowest BCUT2D eigenvalue weighted by Crippen LogP contribution is -2.32. The first-order valence-electron chi connectivity index (χ1n) is 8.45. The quantitative estimate of drug-likeness (QED) is 0.688. The largest absolute Gasteiger partial charge is 0.478 e. The van der Waals surface area contributed by atoms with E-state index in [9.17, 15) is 14.7 Å². The van der Waals surface area contributed by atoms with Crippen LogP contribution in [0.3, 0.4) is 0 Å². The van der Waals surface area contributed by atoms with Crippen LogP contribution in [0, 0.1) is 0 Å². The molecule has 0 saturated heterocycles. The third-order valence-electron chi connectivity index (χ3n) is 3.81. The van der Waals surface area contributed by atoms with E-state index in [0.29, 0.717) is 17.8 Å². The van der Waals surface area contributed by atoms with E-state index >= 15 is 0 Å². The number of aromatic carboxylic acids is 1. The molecule has 134 valence electrons. The predicted molar refractivity (Wildman–Crippen MR) is 98.0 cm³/mol. The number of carboxylic acid groups (broad SMARTS) is 1. The highest BCUT2D eigenvalue weighted by atomic mass is 16.4. The highest BCUT2D eigenvalue weighted by Gasteiger charge is 2.16. The van der Waals surface area contributed by atoms with Crippen molar-refractivity contribution >= 4 is 23.3 Å². The van der Waals surface area contributed by atoms with Gasteiger partial charge in [0.25, 0.3) is 0 Å². The highest BCUT2D eigenvalue weighted by Crippen LogP contribution is 2.25. The summed E-state index contributed by atoms with van der Waals surface area (Å²) >= 11 is 0. The molecular weight excluding hydrogens is 306 g/mol. The van der Waals surface area contributed by atoms with Gasteiger partial charge in [0.05, 0.1) is 11.3 Å². The maximum absolute atomic E-state index is 11.8. The number of carbonyl (C=O) groups is 2. The molecule has 1 aromatic rings. The van der Waals surface area contributed by atoms with Gasteiger partial charge in [-0.05, 0) is 45.6 Å². The Balaban J connectivity index is 2.97. The maximum atomic E-state index is 11.8. The van der Waals surface area contributed by atoms with Crippen molar-refractivity contribution in [3.63, 3.8) is 0 Å². The van der Waals surface area contributed by atoms with Gasteiger partial charge in [-0.3, -0.25) is 4.79 Å². The smallest absolute Gasteiger partial charge is 0.337 e. The minimum atomic E-state index is -0.988. The van der Waals surface area contributed by atoms with Crippen molar-refractivity contribution in [3.8, 4) is 0 Å². The number of unbranched alkanes of at least 4 members (excludes halogenated alkanes) is 1. The van der Waals surface area contributed by atoms with E-state index in [0.717, 1.165) is 32.5 Å². The van der Waals surface area contributed by atoms with Crippen molar-refractivity contribution in [1.82, 2.24) is 4.90 Å². The van der Waals surface area contributed by atoms with Crippen LogP contribution in [0.25, 0.3) is 0 Å². The summed E-state index contributed by atoms with van der Waals surface area (Å²) in [6, 6.07) is 5.09. The van der Waals surface area contributed by atoms with E-state index in [1.54, 1.807) is 18.2 Å². The zero-order chi connectivity index (χ0) is 18.1. The zero-order valence-corrected chi connectivity index (χ0v) is 15.1. The normalized spacial score (nSPS) is 10.7. The molecule has 0 fully saturated rings. The summed E-state index contributed by atoms with van der Waals surface area (Å²) in [7, 11) is 3.97. The topological polar surface area (TPSA) is 72.9 Å². The fraction of sp³-hybridized carbons (Fsp3) is 0.556. The van der Waals surface area contributed by atoms with Gasteiger partial charge >= 0.3 is 5.97 Å². The molecule has 0 heterocycles. The maximum Gasteiger partial charge on any atom is 0.337 e. The minimum Gasteiger partial charge on any atom is -0.478 e. The Morgan fingerprint density at radius 3 is 2.42 bits per heavy atom. The van der Waals surface area contributed by atoms with Crippen LogP contribution in [-0.4, -0.2) is 55.6 Å². The summed E-state index contributed by atoms with van der Waals surface area (Å²) in [5.74, 6) is -1.07. The minimum absolute atomic E-state index is 0.0825. The Morgan fingerprint density at radius 2 is 1.88 bits per heavy atom. The monoisotopic (exact) mass is 335 g/mol. The third-order valence-corrected chi connectivity index (χ3v) is 3.81. The molecule has 0 bridgehead atoms. The summed E-state index contributed by atoms with van der Waals surface area (Å²) in [5, 5.41) is 12.3. The number of nitrogens with one attached hydrogen (secondary N) is 1. The molecule has 1 rings (SSSR count). The first-order valence-corrected chi connectivity index (χ1v) is 8.45. The number of nitrogens with zero attached hydrogens (tertiary/aromatic N) is 2. The summed E-state index contributed by atoms with van der Waals surface area (Å²) in [5.41, 5.74) is 1.42. The molecular formula is C18H29N3O3. The fourth-order valence-corrected chi connectivity index (χ4v) is 2.39. The third kappa shape index (κ3) is 6.20. The summed E-state index contributed by atoms with van der Waals surface area (Å²) in [6.45, 7) is 6.32. The Kier molecular flexibility index (Phi) is 8.26. The van der Waals surface area contributed by atoms with Gasteiger partial charge in [0.2, 0.25) is 5.91 Å². The van der Waals surface area contributed by atoms with Gasteiger partial charge in [-0.1, -0.05) is 13.3 Å². The zero-order valence-electron chi connectivity index (χ0n) is 15.1. The Morgan fingerprint density at radius 1 is 1.17 bits per heavy atom. The number of benzene rings is 1. The van der Waals surface area contributed by atoms with E-state index in [2.05, 4.69) is 10.2 Å². The van der Waals surface area contributed by atoms with Crippen LogP contribution in [0.15, 0.2) is 18.2 Å². The molecule has 1 amide bonds. The SMILES string of the molecule is CCCCC(=O)Nc1ccc(N(CC)CCN(C)C)c(C(=O)O)c1. The van der Waals surface area contributed by atoms with E-state index in [1.165, 1.54) is 0 Å². The van der Waals surface area contributed by atoms with E-state index in [4.69, 9.17) is 0 Å². The lowest BCUT2D eigenvalue weighted by atomic mass is 10.1. The van der Waals surface area contributed by atoms with E-state index in [-0.39, 0.29) is 11.5 Å². The number of carboxylic acids is 1. The average Bonchev–Trinajstić information content (AvgIpc) is 2.54. The van der Waals surface area contributed by atoms with Gasteiger partial charge in [0.15, 0.2) is 0 Å². The van der Waals surface area contributed by atoms with E-state index in [1.807, 2.05) is 32.8 Å². The molecule has 0 aliphatic rings. The van der Waals surface area contributed by atoms with Crippen LogP contribution in [0.4, 0.5) is 11.4 Å². The second-order valence-electron chi connectivity index (χ2n) is 6.07. The van der Waals surface area contributed by atoms with Gasteiger partial charge in [0.1, 0.15) is 0 Å². The van der Waals surface area contributed by atoms with Crippen LogP contribution in [0.2, 0.25) is 0 Å². The van der Waals surface area contributed by atoms with Crippen molar-refractivity contribution in [2.24, 2.45) is 0 Å². The molecule has 0 spiro atoms. The van der Waals surface area contributed by atoms with E-state index < -0.39 is 5.97 Å². The van der Waals surface area contributed by atoms with Crippen molar-refractivity contribution in [2.75, 3.05) is 43.9 Å². The lowest BCUT2D eigenvalue weighted by molar-refractivity contribution is -0.116. The molecule has 2 N–H and O–H groups in total. The van der Waals surface area contributed by atoms with Crippen LogP contribution in [-0.2, 0) is 4.79 Å². The van der Waals surface area contributed by atoms with Crippen molar-refractivity contribution in [1.29, 1.82) is 0 Å². The van der Waals surface area contributed by atoms with Crippen LogP contribution in [0.1, 0.15) is 43.5 Å². The molecule has 0 radical (unpaired) electrons. The fourth-order valence-electron chi connectivity index (χ4n) is 2.39. The second-order valence-corrected chi connectivity index (χ2v) is 6.07. The molecule has 0 atom stereocenters. The predicted octanol–water partition coefficient (Wildman–Crippen LogP) is 2.90. The molecule has 24 heavy (non-hydrogen) atoms. The Bertz CT molecular complexity index is 558. The van der Waals surface area contributed by atoms with Crippen LogP contribution in [0.5, 0.6) is 0 Å². The Labute approximate surface area is 144 Å². The lowest BCUT2D eigenvalue weighted by Gasteiger charge is -2.26. The van der Waals surface area contributed by atoms with Crippen molar-refractivity contribution < 1.29 is 14.7 Å². The molecule has 0 saturated carbocycles. The number of rotatable bonds is 10.